The SMILES string of the molecule is CCOc1ccc(-c2cn3c(n2)sc2cc(C(=O)N4CCN(C5CCCCC5)CC4)ccc23)cc1. The number of carbonyl (C=O) groups excluding carboxylic acids is 1. The first kappa shape index (κ1) is 22.6. The monoisotopic (exact) mass is 488 g/mol. The van der Waals surface area contributed by atoms with Gasteiger partial charge in [-0.2, -0.15) is 0 Å². The van der Waals surface area contributed by atoms with E-state index in [-0.39, 0.29) is 5.91 Å². The second kappa shape index (κ2) is 9.63. The fraction of sp³-hybridized carbons (Fsp3) is 0.429. The van der Waals surface area contributed by atoms with Crippen LogP contribution in [-0.4, -0.2) is 63.9 Å². The third-order valence-electron chi connectivity index (χ3n) is 7.49. The summed E-state index contributed by atoms with van der Waals surface area (Å²) in [7, 11) is 0. The minimum absolute atomic E-state index is 0.149. The molecule has 2 aliphatic rings. The molecule has 1 saturated carbocycles. The van der Waals surface area contributed by atoms with Crippen LogP contribution < -0.4 is 4.74 Å². The Balaban J connectivity index is 1.17. The van der Waals surface area contributed by atoms with Gasteiger partial charge < -0.3 is 9.64 Å². The summed E-state index contributed by atoms with van der Waals surface area (Å²) in [4.78, 5) is 23.7. The van der Waals surface area contributed by atoms with E-state index in [0.29, 0.717) is 6.61 Å². The van der Waals surface area contributed by atoms with Crippen molar-refractivity contribution in [1.82, 2.24) is 19.2 Å². The van der Waals surface area contributed by atoms with Crippen LogP contribution in [0.15, 0.2) is 48.7 Å². The highest BCUT2D eigenvalue weighted by atomic mass is 32.1. The average molecular weight is 489 g/mol. The average Bonchev–Trinajstić information content (AvgIpc) is 3.47. The fourth-order valence-corrected chi connectivity index (χ4v) is 6.63. The molecule has 0 spiro atoms. The first-order valence-corrected chi connectivity index (χ1v) is 13.7. The summed E-state index contributed by atoms with van der Waals surface area (Å²) >= 11 is 1.63. The summed E-state index contributed by atoms with van der Waals surface area (Å²) in [6, 6.07) is 14.9. The van der Waals surface area contributed by atoms with Gasteiger partial charge in [-0.1, -0.05) is 30.6 Å². The number of fused-ring (bicyclic) bond motifs is 3. The molecule has 7 heteroatoms. The van der Waals surface area contributed by atoms with Crippen molar-refractivity contribution in [3.8, 4) is 17.0 Å². The van der Waals surface area contributed by atoms with Gasteiger partial charge in [-0.05, 0) is 62.2 Å². The van der Waals surface area contributed by atoms with Crippen LogP contribution >= 0.6 is 11.3 Å². The number of hydrogen-bond acceptors (Lipinski definition) is 5. The molecule has 182 valence electrons. The van der Waals surface area contributed by atoms with E-state index in [4.69, 9.17) is 9.72 Å². The molecule has 35 heavy (non-hydrogen) atoms. The summed E-state index contributed by atoms with van der Waals surface area (Å²) in [6.45, 7) is 6.30. The molecule has 3 heterocycles. The number of imidazole rings is 1. The van der Waals surface area contributed by atoms with E-state index in [0.717, 1.165) is 70.0 Å². The number of aromatic nitrogens is 2. The maximum atomic E-state index is 13.3. The van der Waals surface area contributed by atoms with Gasteiger partial charge in [-0.15, -0.1) is 0 Å². The molecule has 0 atom stereocenters. The van der Waals surface area contributed by atoms with Gasteiger partial charge in [-0.3, -0.25) is 14.1 Å². The molecule has 6 nitrogen and oxygen atoms in total. The Hall–Kier alpha value is -2.90. The van der Waals surface area contributed by atoms with E-state index in [9.17, 15) is 4.79 Å². The normalized spacial score (nSPS) is 17.9. The minimum Gasteiger partial charge on any atom is -0.494 e. The van der Waals surface area contributed by atoms with E-state index >= 15 is 0 Å². The van der Waals surface area contributed by atoms with E-state index in [1.165, 1.54) is 32.1 Å². The van der Waals surface area contributed by atoms with Gasteiger partial charge in [0.15, 0.2) is 4.96 Å². The van der Waals surface area contributed by atoms with Gasteiger partial charge in [0.1, 0.15) is 5.75 Å². The molecule has 2 aromatic heterocycles. The van der Waals surface area contributed by atoms with Crippen molar-refractivity contribution in [2.75, 3.05) is 32.8 Å². The van der Waals surface area contributed by atoms with Gasteiger partial charge in [0, 0.05) is 49.5 Å². The lowest BCUT2D eigenvalue weighted by Gasteiger charge is -2.40. The quantitative estimate of drug-likeness (QED) is 0.361. The van der Waals surface area contributed by atoms with Crippen LogP contribution in [0, 0.1) is 0 Å². The first-order chi connectivity index (χ1) is 17.2. The predicted octanol–water partition coefficient (Wildman–Crippen LogP) is 5.71. The summed E-state index contributed by atoms with van der Waals surface area (Å²) in [5.41, 5.74) is 3.88. The standard InChI is InChI=1S/C28H32N4O2S/c1-2-34-23-11-8-20(9-12-23)24-19-32-25-13-10-21(18-26(25)35-28(32)29-24)27(33)31-16-14-30(15-17-31)22-6-4-3-5-7-22/h8-13,18-19,22H,2-7,14-17H2,1H3. The maximum Gasteiger partial charge on any atom is 0.253 e. The molecule has 6 rings (SSSR count). The molecule has 0 N–H and O–H groups in total. The molecule has 1 aliphatic carbocycles. The highest BCUT2D eigenvalue weighted by molar-refractivity contribution is 7.23. The molecule has 4 aromatic rings. The second-order valence-corrected chi connectivity index (χ2v) is 10.6. The molecule has 0 bridgehead atoms. The van der Waals surface area contributed by atoms with Crippen LogP contribution in [-0.2, 0) is 0 Å². The minimum atomic E-state index is 0.149. The van der Waals surface area contributed by atoms with Crippen molar-refractivity contribution < 1.29 is 9.53 Å². The Morgan fingerprint density at radius 2 is 1.80 bits per heavy atom. The molecular weight excluding hydrogens is 456 g/mol. The lowest BCUT2D eigenvalue weighted by Crippen LogP contribution is -2.52. The Morgan fingerprint density at radius 1 is 1.03 bits per heavy atom. The molecular formula is C28H32N4O2S. The Bertz CT molecular complexity index is 1330. The number of carbonyl (C=O) groups is 1. The maximum absolute atomic E-state index is 13.3. The van der Waals surface area contributed by atoms with E-state index in [2.05, 4.69) is 21.6 Å². The van der Waals surface area contributed by atoms with Crippen molar-refractivity contribution >= 4 is 32.4 Å². The molecule has 1 amide bonds. The summed E-state index contributed by atoms with van der Waals surface area (Å²) < 4.78 is 8.77. The van der Waals surface area contributed by atoms with Gasteiger partial charge in [0.25, 0.3) is 5.91 Å². The largest absolute Gasteiger partial charge is 0.494 e. The number of thiazole rings is 1. The topological polar surface area (TPSA) is 50.1 Å². The predicted molar refractivity (Wildman–Crippen MR) is 142 cm³/mol. The fourth-order valence-electron chi connectivity index (χ4n) is 5.58. The van der Waals surface area contributed by atoms with Crippen LogP contribution in [0.5, 0.6) is 5.75 Å². The molecule has 0 radical (unpaired) electrons. The summed E-state index contributed by atoms with van der Waals surface area (Å²) in [5.74, 6) is 1.02. The van der Waals surface area contributed by atoms with Crippen LogP contribution in [0.3, 0.4) is 0 Å². The zero-order chi connectivity index (χ0) is 23.8. The van der Waals surface area contributed by atoms with Gasteiger partial charge in [-0.25, -0.2) is 4.98 Å². The lowest BCUT2D eigenvalue weighted by atomic mass is 9.94. The van der Waals surface area contributed by atoms with Crippen molar-refractivity contribution in [3.05, 3.63) is 54.2 Å². The van der Waals surface area contributed by atoms with E-state index in [1.54, 1.807) is 11.3 Å². The molecule has 2 aromatic carbocycles. The molecule has 1 aliphatic heterocycles. The highest BCUT2D eigenvalue weighted by Gasteiger charge is 2.27. The second-order valence-electron chi connectivity index (χ2n) is 9.64. The number of piperazine rings is 1. The Morgan fingerprint density at radius 3 is 2.54 bits per heavy atom. The Labute approximate surface area is 210 Å². The first-order valence-electron chi connectivity index (χ1n) is 12.9. The van der Waals surface area contributed by atoms with Crippen molar-refractivity contribution in [2.45, 2.75) is 45.1 Å². The summed E-state index contributed by atoms with van der Waals surface area (Å²) in [5, 5.41) is 0. The number of nitrogens with zero attached hydrogens (tertiary/aromatic N) is 4. The Kier molecular flexibility index (Phi) is 6.20. The zero-order valence-corrected chi connectivity index (χ0v) is 21.1. The number of hydrogen-bond donors (Lipinski definition) is 0. The summed E-state index contributed by atoms with van der Waals surface area (Å²) in [6.07, 6.45) is 8.82. The number of rotatable bonds is 5. The van der Waals surface area contributed by atoms with Gasteiger partial charge >= 0.3 is 0 Å². The van der Waals surface area contributed by atoms with Crippen LogP contribution in [0.4, 0.5) is 0 Å². The molecule has 1 saturated heterocycles. The highest BCUT2D eigenvalue weighted by Crippen LogP contribution is 2.31. The van der Waals surface area contributed by atoms with E-state index < -0.39 is 0 Å². The van der Waals surface area contributed by atoms with Crippen LogP contribution in [0.1, 0.15) is 49.4 Å². The van der Waals surface area contributed by atoms with Crippen molar-refractivity contribution in [1.29, 1.82) is 0 Å². The molecule has 0 unspecified atom stereocenters. The van der Waals surface area contributed by atoms with Crippen molar-refractivity contribution in [3.63, 3.8) is 0 Å². The third-order valence-corrected chi connectivity index (χ3v) is 8.51. The lowest BCUT2D eigenvalue weighted by molar-refractivity contribution is 0.0523. The molecule has 2 fully saturated rings. The van der Waals surface area contributed by atoms with Crippen LogP contribution in [0.25, 0.3) is 26.4 Å². The van der Waals surface area contributed by atoms with Crippen LogP contribution in [0.2, 0.25) is 0 Å². The number of amides is 1. The smallest absolute Gasteiger partial charge is 0.253 e. The zero-order valence-electron chi connectivity index (χ0n) is 20.3. The van der Waals surface area contributed by atoms with E-state index in [1.807, 2.05) is 48.2 Å². The van der Waals surface area contributed by atoms with Gasteiger partial charge in [0.2, 0.25) is 0 Å². The number of ether oxygens (including phenoxy) is 1. The third kappa shape index (κ3) is 4.43. The number of benzene rings is 2. The van der Waals surface area contributed by atoms with Gasteiger partial charge in [0.05, 0.1) is 22.5 Å². The van der Waals surface area contributed by atoms with Crippen molar-refractivity contribution in [2.24, 2.45) is 0 Å².